The quantitative estimate of drug-likeness (QED) is 0.577. The fraction of sp³-hybridized carbons (Fsp3) is 0.0714. The molecule has 0 bridgehead atoms. The summed E-state index contributed by atoms with van der Waals surface area (Å²) >= 11 is 3.18. The number of hydrogen-bond acceptors (Lipinski definition) is 4. The average molecular weight is 290 g/mol. The first-order valence-electron chi connectivity index (χ1n) is 5.74. The molecule has 1 heterocycles. The van der Waals surface area contributed by atoms with Gasteiger partial charge in [0, 0.05) is 11.4 Å². The van der Waals surface area contributed by atoms with Gasteiger partial charge in [-0.05, 0) is 29.8 Å². The summed E-state index contributed by atoms with van der Waals surface area (Å²) in [6.45, 7) is 0. The van der Waals surface area contributed by atoms with Crippen molar-refractivity contribution in [3.05, 3.63) is 53.8 Å². The molecule has 96 valence electrons. The topological polar surface area (TPSA) is 38.9 Å². The second kappa shape index (κ2) is 5.19. The van der Waals surface area contributed by atoms with Crippen LogP contribution >= 0.6 is 23.1 Å². The number of thiazole rings is 1. The molecule has 2 aromatic carbocycles. The number of thioether (sulfide) groups is 1. The van der Waals surface area contributed by atoms with Gasteiger partial charge < -0.3 is 5.73 Å². The first-order valence-corrected chi connectivity index (χ1v) is 7.55. The van der Waals surface area contributed by atoms with Crippen molar-refractivity contribution in [2.45, 2.75) is 10.1 Å². The second-order valence-corrected chi connectivity index (χ2v) is 6.34. The largest absolute Gasteiger partial charge is 0.399 e. The Bertz CT molecular complexity index is 691. The molecule has 1 aromatic heterocycles. The predicted molar refractivity (Wildman–Crippen MR) is 80.0 cm³/mol. The zero-order valence-corrected chi connectivity index (χ0v) is 11.6. The highest BCUT2D eigenvalue weighted by atomic mass is 32.2. The number of nitrogens with zero attached hydrogens (tertiary/aromatic N) is 1. The van der Waals surface area contributed by atoms with E-state index < -0.39 is 0 Å². The molecule has 0 aliphatic carbocycles. The van der Waals surface area contributed by atoms with Gasteiger partial charge in [-0.25, -0.2) is 9.37 Å². The van der Waals surface area contributed by atoms with Gasteiger partial charge >= 0.3 is 0 Å². The maximum Gasteiger partial charge on any atom is 0.151 e. The predicted octanol–water partition coefficient (Wildman–Crippen LogP) is 4.31. The number of fused-ring (bicyclic) bond motifs is 1. The molecule has 0 unspecified atom stereocenters. The summed E-state index contributed by atoms with van der Waals surface area (Å²) in [7, 11) is 0. The molecule has 0 saturated carbocycles. The number of benzene rings is 2. The van der Waals surface area contributed by atoms with E-state index in [0.717, 1.165) is 14.6 Å². The van der Waals surface area contributed by atoms with Gasteiger partial charge in [0.1, 0.15) is 5.82 Å². The van der Waals surface area contributed by atoms with Crippen molar-refractivity contribution < 1.29 is 4.39 Å². The molecule has 0 aliphatic rings. The minimum absolute atomic E-state index is 0.256. The molecule has 0 amide bonds. The Morgan fingerprint density at radius 3 is 2.84 bits per heavy atom. The third kappa shape index (κ3) is 2.72. The minimum atomic E-state index is -0.256. The van der Waals surface area contributed by atoms with Crippen LogP contribution in [0.5, 0.6) is 0 Å². The number of nitrogen functional groups attached to an aromatic ring is 1. The van der Waals surface area contributed by atoms with E-state index in [0.29, 0.717) is 17.0 Å². The van der Waals surface area contributed by atoms with E-state index >= 15 is 0 Å². The Hall–Kier alpha value is -1.59. The number of hydrogen-bond donors (Lipinski definition) is 1. The fourth-order valence-corrected chi connectivity index (χ4v) is 3.79. The summed E-state index contributed by atoms with van der Waals surface area (Å²) in [5.74, 6) is 0.306. The third-order valence-corrected chi connectivity index (χ3v) is 4.93. The molecule has 0 aliphatic heterocycles. The molecule has 0 atom stereocenters. The van der Waals surface area contributed by atoms with Crippen LogP contribution in [-0.4, -0.2) is 4.98 Å². The molecule has 0 spiro atoms. The maximum absolute atomic E-state index is 13.6. The Labute approximate surface area is 118 Å². The Balaban J connectivity index is 1.78. The number of para-hydroxylation sites is 1. The van der Waals surface area contributed by atoms with Gasteiger partial charge in [-0.1, -0.05) is 30.0 Å². The summed E-state index contributed by atoms with van der Waals surface area (Å²) in [6, 6.07) is 12.8. The van der Waals surface area contributed by atoms with Gasteiger partial charge in [0.15, 0.2) is 4.34 Å². The van der Waals surface area contributed by atoms with Gasteiger partial charge in [-0.3, -0.25) is 0 Å². The molecule has 3 rings (SSSR count). The molecule has 0 saturated heterocycles. The molecule has 0 fully saturated rings. The highest BCUT2D eigenvalue weighted by molar-refractivity contribution is 8.00. The number of aromatic nitrogens is 1. The molecule has 0 radical (unpaired) electrons. The van der Waals surface area contributed by atoms with Crippen molar-refractivity contribution in [1.82, 2.24) is 4.98 Å². The van der Waals surface area contributed by atoms with Crippen LogP contribution in [-0.2, 0) is 5.75 Å². The van der Waals surface area contributed by atoms with Gasteiger partial charge in [-0.15, -0.1) is 11.3 Å². The molecule has 2 N–H and O–H groups in total. The van der Waals surface area contributed by atoms with Crippen molar-refractivity contribution in [2.75, 3.05) is 5.73 Å². The molecule has 2 nitrogen and oxygen atoms in total. The zero-order valence-electron chi connectivity index (χ0n) is 9.97. The monoisotopic (exact) mass is 290 g/mol. The van der Waals surface area contributed by atoms with Crippen LogP contribution in [0.4, 0.5) is 10.1 Å². The Morgan fingerprint density at radius 2 is 2.05 bits per heavy atom. The van der Waals surface area contributed by atoms with Gasteiger partial charge in [-0.2, -0.15) is 0 Å². The van der Waals surface area contributed by atoms with E-state index in [1.54, 1.807) is 35.2 Å². The minimum Gasteiger partial charge on any atom is -0.399 e. The lowest BCUT2D eigenvalue weighted by molar-refractivity contribution is 0.618. The molecule has 3 aromatic rings. The van der Waals surface area contributed by atoms with Crippen molar-refractivity contribution in [3.63, 3.8) is 0 Å². The summed E-state index contributed by atoms with van der Waals surface area (Å²) in [5.41, 5.74) is 7.62. The molecular weight excluding hydrogens is 279 g/mol. The van der Waals surface area contributed by atoms with E-state index in [1.807, 2.05) is 24.3 Å². The highest BCUT2D eigenvalue weighted by Gasteiger charge is 2.07. The van der Waals surface area contributed by atoms with E-state index in [2.05, 4.69) is 4.98 Å². The van der Waals surface area contributed by atoms with Crippen molar-refractivity contribution in [1.29, 1.82) is 0 Å². The Morgan fingerprint density at radius 1 is 1.21 bits per heavy atom. The number of anilines is 1. The van der Waals surface area contributed by atoms with Crippen LogP contribution in [0.1, 0.15) is 5.56 Å². The lowest BCUT2D eigenvalue weighted by atomic mass is 10.2. The number of halogens is 1. The molecule has 5 heteroatoms. The smallest absolute Gasteiger partial charge is 0.151 e. The van der Waals surface area contributed by atoms with Gasteiger partial charge in [0.25, 0.3) is 0 Å². The SMILES string of the molecule is Nc1ccc(CSc2nc3ccccc3s2)c(F)c1. The second-order valence-electron chi connectivity index (χ2n) is 4.09. The highest BCUT2D eigenvalue weighted by Crippen LogP contribution is 2.31. The summed E-state index contributed by atoms with van der Waals surface area (Å²) in [6.07, 6.45) is 0. The van der Waals surface area contributed by atoms with E-state index in [-0.39, 0.29) is 5.82 Å². The first kappa shape index (κ1) is 12.4. The lowest BCUT2D eigenvalue weighted by Gasteiger charge is -2.02. The zero-order chi connectivity index (χ0) is 13.2. The van der Waals surface area contributed by atoms with Gasteiger partial charge in [0.05, 0.1) is 10.2 Å². The fourth-order valence-electron chi connectivity index (χ4n) is 1.73. The maximum atomic E-state index is 13.6. The van der Waals surface area contributed by atoms with Crippen molar-refractivity contribution >= 4 is 39.0 Å². The van der Waals surface area contributed by atoms with Crippen LogP contribution in [0, 0.1) is 5.82 Å². The van der Waals surface area contributed by atoms with Crippen molar-refractivity contribution in [2.24, 2.45) is 0 Å². The third-order valence-electron chi connectivity index (χ3n) is 2.70. The summed E-state index contributed by atoms with van der Waals surface area (Å²) in [5, 5.41) is 0. The van der Waals surface area contributed by atoms with E-state index in [1.165, 1.54) is 6.07 Å². The van der Waals surface area contributed by atoms with E-state index in [4.69, 9.17) is 5.73 Å². The Kier molecular flexibility index (Phi) is 3.40. The average Bonchev–Trinajstić information content (AvgIpc) is 2.80. The number of rotatable bonds is 3. The van der Waals surface area contributed by atoms with Crippen LogP contribution < -0.4 is 5.73 Å². The first-order chi connectivity index (χ1) is 9.22. The van der Waals surface area contributed by atoms with Crippen LogP contribution in [0.15, 0.2) is 46.8 Å². The molecule has 19 heavy (non-hydrogen) atoms. The van der Waals surface area contributed by atoms with Crippen LogP contribution in [0.25, 0.3) is 10.2 Å². The summed E-state index contributed by atoms with van der Waals surface area (Å²) < 4.78 is 15.8. The van der Waals surface area contributed by atoms with Crippen LogP contribution in [0.3, 0.4) is 0 Å². The summed E-state index contributed by atoms with van der Waals surface area (Å²) in [4.78, 5) is 4.51. The van der Waals surface area contributed by atoms with Gasteiger partial charge in [0.2, 0.25) is 0 Å². The normalized spacial score (nSPS) is 11.0. The lowest BCUT2D eigenvalue weighted by Crippen LogP contribution is -1.91. The molecular formula is C14H11FN2S2. The van der Waals surface area contributed by atoms with E-state index in [9.17, 15) is 4.39 Å². The van der Waals surface area contributed by atoms with Crippen molar-refractivity contribution in [3.8, 4) is 0 Å². The van der Waals surface area contributed by atoms with Crippen LogP contribution in [0.2, 0.25) is 0 Å². The number of nitrogens with two attached hydrogens (primary N) is 1. The standard InChI is InChI=1S/C14H11FN2S2/c15-11-7-10(16)6-5-9(11)8-18-14-17-12-3-1-2-4-13(12)19-14/h1-7H,8,16H2.